The highest BCUT2D eigenvalue weighted by atomic mass is 16.5. The molecule has 1 heterocycles. The Kier molecular flexibility index (Phi) is 5.26. The van der Waals surface area contributed by atoms with Crippen LogP contribution in [0.4, 0.5) is 5.69 Å². The third-order valence-electron chi connectivity index (χ3n) is 3.93. The van der Waals surface area contributed by atoms with Crippen molar-refractivity contribution >= 4 is 11.6 Å². The number of nitrogens with zero attached hydrogens (tertiary/aromatic N) is 2. The first-order chi connectivity index (χ1) is 12.1. The molecule has 128 valence electrons. The monoisotopic (exact) mass is 335 g/mol. The van der Waals surface area contributed by atoms with Gasteiger partial charge in [-0.3, -0.25) is 9.69 Å². The largest absolute Gasteiger partial charge is 0.361 e. The number of carbonyl (C=O) groups excluding carboxylic acids is 1. The summed E-state index contributed by atoms with van der Waals surface area (Å²) < 4.78 is 5.13. The lowest BCUT2D eigenvalue weighted by Gasteiger charge is -2.26. The molecule has 5 nitrogen and oxygen atoms in total. The molecule has 5 heteroatoms. The maximum absolute atomic E-state index is 13.0. The van der Waals surface area contributed by atoms with E-state index in [-0.39, 0.29) is 5.91 Å². The van der Waals surface area contributed by atoms with E-state index in [1.54, 1.807) is 0 Å². The fraction of sp³-hybridized carbons (Fsp3) is 0.200. The molecule has 1 atom stereocenters. The van der Waals surface area contributed by atoms with Gasteiger partial charge in [-0.25, -0.2) is 0 Å². The lowest BCUT2D eigenvalue weighted by Crippen LogP contribution is -2.34. The quantitative estimate of drug-likeness (QED) is 0.744. The molecule has 3 rings (SSSR count). The minimum absolute atomic E-state index is 0.0832. The Bertz CT molecular complexity index is 815. The summed E-state index contributed by atoms with van der Waals surface area (Å²) in [6, 6.07) is 20.6. The van der Waals surface area contributed by atoms with Gasteiger partial charge in [-0.2, -0.15) is 0 Å². The first-order valence-electron chi connectivity index (χ1n) is 8.17. The van der Waals surface area contributed by atoms with E-state index in [1.807, 2.05) is 85.6 Å². The second-order valence-electron chi connectivity index (χ2n) is 6.01. The van der Waals surface area contributed by atoms with Crippen molar-refractivity contribution in [2.75, 3.05) is 12.4 Å². The van der Waals surface area contributed by atoms with E-state index in [0.717, 1.165) is 22.7 Å². The highest BCUT2D eigenvalue weighted by molar-refractivity contribution is 5.95. The van der Waals surface area contributed by atoms with E-state index in [9.17, 15) is 4.79 Å². The Labute approximate surface area is 147 Å². The summed E-state index contributed by atoms with van der Waals surface area (Å²) in [5.74, 6) is 0.675. The Morgan fingerprint density at radius 2 is 1.76 bits per heavy atom. The van der Waals surface area contributed by atoms with E-state index >= 15 is 0 Å². The van der Waals surface area contributed by atoms with E-state index in [1.165, 1.54) is 0 Å². The summed E-state index contributed by atoms with van der Waals surface area (Å²) in [5, 5.41) is 7.01. The zero-order chi connectivity index (χ0) is 17.6. The van der Waals surface area contributed by atoms with Gasteiger partial charge in [-0.15, -0.1) is 0 Å². The van der Waals surface area contributed by atoms with Gasteiger partial charge < -0.3 is 9.84 Å². The molecule has 0 radical (unpaired) electrons. The molecule has 0 aliphatic carbocycles. The van der Waals surface area contributed by atoms with Crippen LogP contribution in [0, 0.1) is 6.92 Å². The molecule has 0 aliphatic rings. The zero-order valence-electron chi connectivity index (χ0n) is 14.3. The van der Waals surface area contributed by atoms with Crippen molar-refractivity contribution in [3.63, 3.8) is 0 Å². The van der Waals surface area contributed by atoms with Crippen LogP contribution in [0.3, 0.4) is 0 Å². The number of hydrogen-bond donors (Lipinski definition) is 1. The number of aromatic nitrogens is 1. The standard InChI is InChI=1S/C20H21N3O2/c1-15-13-18(22-25-15)14-23(2)19(16-9-5-3-6-10-16)20(24)21-17-11-7-4-8-12-17/h3-13,19H,14H2,1-2H3,(H,21,24). The number of amides is 1. The molecule has 2 aromatic carbocycles. The molecule has 0 spiro atoms. The van der Waals surface area contributed by atoms with Gasteiger partial charge in [-0.05, 0) is 31.7 Å². The summed E-state index contributed by atoms with van der Waals surface area (Å²) in [6.07, 6.45) is 0. The van der Waals surface area contributed by atoms with Crippen molar-refractivity contribution in [2.24, 2.45) is 0 Å². The molecular formula is C20H21N3O2. The summed E-state index contributed by atoms with van der Waals surface area (Å²) in [7, 11) is 1.91. The highest BCUT2D eigenvalue weighted by Crippen LogP contribution is 2.23. The molecule has 25 heavy (non-hydrogen) atoms. The smallest absolute Gasteiger partial charge is 0.246 e. The molecule has 1 N–H and O–H groups in total. The van der Waals surface area contributed by atoms with Gasteiger partial charge in [0, 0.05) is 18.3 Å². The predicted octanol–water partition coefficient (Wildman–Crippen LogP) is 3.79. The molecule has 0 saturated carbocycles. The summed E-state index contributed by atoms with van der Waals surface area (Å²) in [4.78, 5) is 14.9. The zero-order valence-corrected chi connectivity index (χ0v) is 14.3. The first kappa shape index (κ1) is 16.9. The van der Waals surface area contributed by atoms with Gasteiger partial charge in [0.25, 0.3) is 0 Å². The molecular weight excluding hydrogens is 314 g/mol. The van der Waals surface area contributed by atoms with Crippen molar-refractivity contribution in [1.82, 2.24) is 10.1 Å². The van der Waals surface area contributed by atoms with Crippen LogP contribution in [0.2, 0.25) is 0 Å². The minimum atomic E-state index is -0.432. The lowest BCUT2D eigenvalue weighted by atomic mass is 10.0. The molecule has 0 fully saturated rings. The second-order valence-corrected chi connectivity index (χ2v) is 6.01. The Balaban J connectivity index is 1.83. The highest BCUT2D eigenvalue weighted by Gasteiger charge is 2.26. The molecule has 0 aliphatic heterocycles. The van der Waals surface area contributed by atoms with Gasteiger partial charge >= 0.3 is 0 Å². The molecule has 1 aromatic heterocycles. The van der Waals surface area contributed by atoms with E-state index in [2.05, 4.69) is 10.5 Å². The van der Waals surface area contributed by atoms with E-state index < -0.39 is 6.04 Å². The van der Waals surface area contributed by atoms with Crippen LogP contribution in [0.15, 0.2) is 71.3 Å². The topological polar surface area (TPSA) is 58.4 Å². The van der Waals surface area contributed by atoms with Crippen LogP contribution in [0.1, 0.15) is 23.1 Å². The maximum Gasteiger partial charge on any atom is 0.246 e. The van der Waals surface area contributed by atoms with Crippen LogP contribution in [-0.2, 0) is 11.3 Å². The number of anilines is 1. The van der Waals surface area contributed by atoms with Gasteiger partial charge in [0.2, 0.25) is 5.91 Å². The van der Waals surface area contributed by atoms with Crippen molar-refractivity contribution in [3.05, 3.63) is 83.7 Å². The van der Waals surface area contributed by atoms with Crippen LogP contribution < -0.4 is 5.32 Å². The van der Waals surface area contributed by atoms with Crippen LogP contribution in [0.5, 0.6) is 0 Å². The molecule has 0 saturated heterocycles. The van der Waals surface area contributed by atoms with Crippen LogP contribution in [-0.4, -0.2) is 23.0 Å². The van der Waals surface area contributed by atoms with Crippen molar-refractivity contribution in [1.29, 1.82) is 0 Å². The van der Waals surface area contributed by atoms with Gasteiger partial charge in [0.15, 0.2) is 0 Å². The Hall–Kier alpha value is -2.92. The fourth-order valence-corrected chi connectivity index (χ4v) is 2.81. The number of nitrogens with one attached hydrogen (secondary N) is 1. The number of para-hydroxylation sites is 1. The normalized spacial score (nSPS) is 12.1. The number of hydrogen-bond acceptors (Lipinski definition) is 4. The summed E-state index contributed by atoms with van der Waals surface area (Å²) in [5.41, 5.74) is 2.51. The second kappa shape index (κ2) is 7.77. The number of likely N-dealkylation sites (N-methyl/N-ethyl adjacent to an activating group) is 1. The van der Waals surface area contributed by atoms with Crippen molar-refractivity contribution in [3.8, 4) is 0 Å². The average molecular weight is 335 g/mol. The van der Waals surface area contributed by atoms with Gasteiger partial charge in [0.05, 0.1) is 5.69 Å². The van der Waals surface area contributed by atoms with Crippen molar-refractivity contribution in [2.45, 2.75) is 19.5 Å². The first-order valence-corrected chi connectivity index (χ1v) is 8.17. The number of aryl methyl sites for hydroxylation is 1. The molecule has 1 amide bonds. The summed E-state index contributed by atoms with van der Waals surface area (Å²) >= 11 is 0. The third-order valence-corrected chi connectivity index (χ3v) is 3.93. The fourth-order valence-electron chi connectivity index (χ4n) is 2.81. The predicted molar refractivity (Wildman–Crippen MR) is 97.0 cm³/mol. The summed E-state index contributed by atoms with van der Waals surface area (Å²) in [6.45, 7) is 2.37. The van der Waals surface area contributed by atoms with Crippen molar-refractivity contribution < 1.29 is 9.32 Å². The van der Waals surface area contributed by atoms with Crippen LogP contribution >= 0.6 is 0 Å². The SMILES string of the molecule is Cc1cc(CN(C)C(C(=O)Nc2ccccc2)c2ccccc2)no1. The Morgan fingerprint density at radius 3 is 2.36 bits per heavy atom. The third kappa shape index (κ3) is 4.33. The number of benzene rings is 2. The average Bonchev–Trinajstić information content (AvgIpc) is 3.01. The van der Waals surface area contributed by atoms with Crippen LogP contribution in [0.25, 0.3) is 0 Å². The van der Waals surface area contributed by atoms with Gasteiger partial charge in [0.1, 0.15) is 11.8 Å². The Morgan fingerprint density at radius 1 is 1.12 bits per heavy atom. The number of carbonyl (C=O) groups is 1. The maximum atomic E-state index is 13.0. The molecule has 3 aromatic rings. The van der Waals surface area contributed by atoms with E-state index in [4.69, 9.17) is 4.52 Å². The van der Waals surface area contributed by atoms with E-state index in [0.29, 0.717) is 6.54 Å². The lowest BCUT2D eigenvalue weighted by molar-refractivity contribution is -0.121. The molecule has 0 bridgehead atoms. The van der Waals surface area contributed by atoms with Gasteiger partial charge in [-0.1, -0.05) is 53.7 Å². The number of rotatable bonds is 6. The molecule has 1 unspecified atom stereocenters. The minimum Gasteiger partial charge on any atom is -0.361 e.